The highest BCUT2D eigenvalue weighted by Crippen LogP contribution is 2.40. The smallest absolute Gasteiger partial charge is 0.339 e. The minimum atomic E-state index is -4.45. The first kappa shape index (κ1) is 71.3. The van der Waals surface area contributed by atoms with Gasteiger partial charge in [0.25, 0.3) is 0 Å². The molecule has 0 saturated carbocycles. The third kappa shape index (κ3) is 75.9. The first-order valence-corrected chi connectivity index (χ1v) is 23.4. The van der Waals surface area contributed by atoms with Crippen molar-refractivity contribution < 1.29 is 101 Å². The van der Waals surface area contributed by atoms with Crippen molar-refractivity contribution >= 4 is 33.8 Å². The van der Waals surface area contributed by atoms with Gasteiger partial charge in [0.05, 0.1) is 92.5 Å². The van der Waals surface area contributed by atoms with Crippen molar-refractivity contribution in [1.82, 2.24) is 15.5 Å². The zero-order valence-electron chi connectivity index (χ0n) is 37.8. The molecule has 25 nitrogen and oxygen atoms in total. The van der Waals surface area contributed by atoms with Gasteiger partial charge in [-0.15, -0.1) is 26.3 Å². The summed E-state index contributed by atoms with van der Waals surface area (Å²) in [6.45, 7) is 24.2. The number of hydrogen-bond donors (Lipinski definition) is 11. The molecule has 1 heterocycles. The number of nitrogens with one attached hydrogen (secondary N) is 2. The number of hydrogen-bond acceptors (Lipinski definition) is 19. The normalized spacial score (nSPS) is 13.9. The molecule has 2 amide bonds. The maximum absolute atomic E-state index is 10.9. The SMILES string of the molecule is C=CCOC1CO1.C=CCOCC(O)COCCN.C=CCOCC(O)COCCN(CP(=O)(O)O)CP(=O)(O)O.C=CCOCC(O)COCCNC(C)=O.C=O.CC(=O)NCCO. The second-order valence-electron chi connectivity index (χ2n) is 12.5. The van der Waals surface area contributed by atoms with E-state index in [9.17, 15) is 34.0 Å². The van der Waals surface area contributed by atoms with Crippen LogP contribution >= 0.6 is 15.2 Å². The molecule has 12 N–H and O–H groups in total. The number of aliphatic hydroxyl groups excluding tert-OH is 4. The highest BCUT2D eigenvalue weighted by Gasteiger charge is 2.25. The first-order chi connectivity index (χ1) is 30.7. The molecule has 1 aliphatic rings. The van der Waals surface area contributed by atoms with Crippen LogP contribution in [0.25, 0.3) is 0 Å². The predicted octanol–water partition coefficient (Wildman–Crippen LogP) is -2.16. The number of carbonyl (C=O) groups is 3. The molecule has 0 aromatic rings. The van der Waals surface area contributed by atoms with E-state index in [0.29, 0.717) is 52.7 Å². The van der Waals surface area contributed by atoms with E-state index >= 15 is 0 Å². The fourth-order valence-electron chi connectivity index (χ4n) is 3.49. The van der Waals surface area contributed by atoms with Gasteiger partial charge in [0.15, 0.2) is 6.29 Å². The summed E-state index contributed by atoms with van der Waals surface area (Å²) in [7, 11) is -8.89. The Hall–Kier alpha value is -2.69. The molecule has 386 valence electrons. The van der Waals surface area contributed by atoms with Gasteiger partial charge < -0.3 is 99.1 Å². The molecule has 0 aromatic heterocycles. The Labute approximate surface area is 382 Å². The van der Waals surface area contributed by atoms with Gasteiger partial charge in [0.2, 0.25) is 11.8 Å². The lowest BCUT2D eigenvalue weighted by Gasteiger charge is -2.23. The van der Waals surface area contributed by atoms with Gasteiger partial charge in [-0.3, -0.25) is 23.6 Å². The summed E-state index contributed by atoms with van der Waals surface area (Å²) < 4.78 is 61.7. The molecule has 0 spiro atoms. The van der Waals surface area contributed by atoms with E-state index in [1.165, 1.54) is 19.9 Å². The largest absolute Gasteiger partial charge is 0.395 e. The van der Waals surface area contributed by atoms with Gasteiger partial charge in [-0.05, 0) is 0 Å². The Balaban J connectivity index is -0.000000243. The van der Waals surface area contributed by atoms with Crippen LogP contribution < -0.4 is 16.4 Å². The lowest BCUT2D eigenvalue weighted by atomic mass is 10.4. The van der Waals surface area contributed by atoms with Gasteiger partial charge in [-0.25, -0.2) is 0 Å². The molecule has 0 aromatic carbocycles. The summed E-state index contributed by atoms with van der Waals surface area (Å²) in [5.74, 6) is -0.192. The number of epoxide rings is 1. The zero-order valence-corrected chi connectivity index (χ0v) is 39.6. The van der Waals surface area contributed by atoms with Crippen LogP contribution in [0.2, 0.25) is 0 Å². The number of nitrogens with zero attached hydrogens (tertiary/aromatic N) is 1. The molecule has 0 bridgehead atoms. The van der Waals surface area contributed by atoms with Gasteiger partial charge in [-0.1, -0.05) is 24.3 Å². The Kier molecular flexibility index (Phi) is 57.4. The predicted molar refractivity (Wildman–Crippen MR) is 241 cm³/mol. The average molecular weight is 989 g/mol. The topological polar surface area (TPSA) is 378 Å². The van der Waals surface area contributed by atoms with Gasteiger partial charge >= 0.3 is 15.2 Å². The number of carbonyl (C=O) groups excluding carboxylic acids is 3. The number of nitrogens with two attached hydrogens (primary N) is 1. The molecule has 0 aliphatic carbocycles. The molecule has 1 rings (SSSR count). The minimum absolute atomic E-state index is 0.0135. The van der Waals surface area contributed by atoms with Crippen LogP contribution in [0.5, 0.6) is 0 Å². The zero-order chi connectivity index (χ0) is 50.8. The van der Waals surface area contributed by atoms with E-state index in [4.69, 9.17) is 73.1 Å². The Morgan fingerprint density at radius 1 is 0.677 bits per heavy atom. The van der Waals surface area contributed by atoms with Crippen molar-refractivity contribution in [3.63, 3.8) is 0 Å². The van der Waals surface area contributed by atoms with Crippen molar-refractivity contribution in [2.75, 3.05) is 138 Å². The molecular weight excluding hydrogens is 910 g/mol. The third-order valence-corrected chi connectivity index (χ3v) is 7.50. The Morgan fingerprint density at radius 2 is 1.03 bits per heavy atom. The van der Waals surface area contributed by atoms with E-state index in [1.807, 2.05) is 6.79 Å². The lowest BCUT2D eigenvalue weighted by Crippen LogP contribution is -2.31. The summed E-state index contributed by atoms with van der Waals surface area (Å²) in [5.41, 5.74) is 5.19. The van der Waals surface area contributed by atoms with E-state index < -0.39 is 46.1 Å². The summed E-state index contributed by atoms with van der Waals surface area (Å²) in [6, 6.07) is 0. The van der Waals surface area contributed by atoms with E-state index in [0.717, 1.165) is 11.5 Å². The van der Waals surface area contributed by atoms with E-state index in [-0.39, 0.29) is 84.1 Å². The second-order valence-corrected chi connectivity index (χ2v) is 15.8. The first-order valence-electron chi connectivity index (χ1n) is 19.8. The minimum Gasteiger partial charge on any atom is -0.395 e. The fourth-order valence-corrected chi connectivity index (χ4v) is 5.17. The van der Waals surface area contributed by atoms with Gasteiger partial charge in [-0.2, -0.15) is 0 Å². The highest BCUT2D eigenvalue weighted by atomic mass is 31.2. The number of ether oxygens (including phenoxy) is 8. The van der Waals surface area contributed by atoms with Crippen molar-refractivity contribution in [1.29, 1.82) is 0 Å². The van der Waals surface area contributed by atoms with Crippen LogP contribution in [0.4, 0.5) is 0 Å². The summed E-state index contributed by atoms with van der Waals surface area (Å²) in [6.07, 6.45) is 2.90. The summed E-state index contributed by atoms with van der Waals surface area (Å²) in [4.78, 5) is 64.8. The molecule has 1 saturated heterocycles. The quantitative estimate of drug-likeness (QED) is 0.0139. The van der Waals surface area contributed by atoms with Crippen molar-refractivity contribution in [3.05, 3.63) is 50.6 Å². The molecule has 27 heteroatoms. The molecule has 1 aliphatic heterocycles. The molecular formula is C38H78N4O21P2. The number of rotatable bonds is 35. The monoisotopic (exact) mass is 988 g/mol. The second kappa shape index (κ2) is 52.3. The van der Waals surface area contributed by atoms with Crippen LogP contribution in [-0.4, -0.2) is 226 Å². The Morgan fingerprint density at radius 3 is 1.34 bits per heavy atom. The van der Waals surface area contributed by atoms with Crippen molar-refractivity contribution in [2.24, 2.45) is 5.73 Å². The molecule has 65 heavy (non-hydrogen) atoms. The number of amides is 2. The van der Waals surface area contributed by atoms with E-state index in [1.54, 1.807) is 18.2 Å². The molecule has 4 unspecified atom stereocenters. The average Bonchev–Trinajstić information content (AvgIpc) is 4.06. The third-order valence-electron chi connectivity index (χ3n) is 5.96. The van der Waals surface area contributed by atoms with Crippen LogP contribution in [0.3, 0.4) is 0 Å². The van der Waals surface area contributed by atoms with Crippen LogP contribution in [-0.2, 0) is 61.4 Å². The Bertz CT molecular complexity index is 1210. The van der Waals surface area contributed by atoms with Crippen molar-refractivity contribution in [3.8, 4) is 0 Å². The summed E-state index contributed by atoms with van der Waals surface area (Å²) in [5, 5.41) is 41.0. The number of aliphatic hydroxyl groups is 4. The molecule has 0 radical (unpaired) electrons. The molecule has 4 atom stereocenters. The van der Waals surface area contributed by atoms with Gasteiger partial charge in [0, 0.05) is 40.0 Å². The lowest BCUT2D eigenvalue weighted by molar-refractivity contribution is -0.120. The standard InChI is InChI=1S/C10H23NO9P2.C10H19NO4.C8H17NO3.C5H8O2.C4H9NO2.CH2O/c1-2-4-19-6-10(12)7-20-5-3-11(8-21(13,14)15)9-22(16,17)18;1-3-5-14-7-10(13)8-15-6-4-11-9(2)12;1-2-4-11-6-8(10)7-12-5-3-9;1-2-3-6-5-4-7-5;1-4(7)5-2-3-6;1-2/h2,10,12H,1,3-9H2,(H2,13,14,15)(H2,16,17,18);3,10,13H,1,4-8H2,2H3,(H,11,12);2,8,10H,1,3-7,9H2;2,5H,1,3-4H2;6H,2-3H2,1H3,(H,5,7);1H2. The van der Waals surface area contributed by atoms with Crippen LogP contribution in [0.1, 0.15) is 13.8 Å². The van der Waals surface area contributed by atoms with Crippen LogP contribution in [0.15, 0.2) is 50.6 Å². The van der Waals surface area contributed by atoms with Crippen LogP contribution in [0, 0.1) is 0 Å². The highest BCUT2D eigenvalue weighted by molar-refractivity contribution is 7.52. The summed E-state index contributed by atoms with van der Waals surface area (Å²) >= 11 is 0. The van der Waals surface area contributed by atoms with E-state index in [2.05, 4.69) is 36.9 Å². The molecule has 1 fully saturated rings. The van der Waals surface area contributed by atoms with Crippen molar-refractivity contribution in [2.45, 2.75) is 38.4 Å². The maximum atomic E-state index is 10.9. The fraction of sp³-hybridized carbons (Fsp3) is 0.711. The maximum Gasteiger partial charge on any atom is 0.339 e. The van der Waals surface area contributed by atoms with Gasteiger partial charge in [0.1, 0.15) is 44.3 Å².